The number of ether oxygens (including phenoxy) is 2. The number of aromatic hydroxyl groups is 1. The SMILES string of the molecule is CC.CC.CCC.COc1cc(/C=C/C(=O)c2ccc(O)c(C)c2)cc(Cl)c1OC. The number of aryl methyl sites for hydroxylation is 1. The van der Waals surface area contributed by atoms with Gasteiger partial charge in [-0.2, -0.15) is 0 Å². The first-order valence-electron chi connectivity index (χ1n) is 10.3. The molecule has 0 bridgehead atoms. The van der Waals surface area contributed by atoms with Crippen LogP contribution >= 0.6 is 11.6 Å². The molecule has 30 heavy (non-hydrogen) atoms. The number of halogens is 1. The fourth-order valence-corrected chi connectivity index (χ4v) is 2.41. The number of carbonyl (C=O) groups excluding carboxylic acids is 1. The molecule has 4 nitrogen and oxygen atoms in total. The van der Waals surface area contributed by atoms with Gasteiger partial charge < -0.3 is 14.6 Å². The van der Waals surface area contributed by atoms with E-state index in [1.165, 1.54) is 32.8 Å². The molecule has 0 heterocycles. The van der Waals surface area contributed by atoms with Gasteiger partial charge in [0.25, 0.3) is 0 Å². The van der Waals surface area contributed by atoms with Gasteiger partial charge in [-0.3, -0.25) is 4.79 Å². The maximum absolute atomic E-state index is 12.2. The minimum absolute atomic E-state index is 0.164. The van der Waals surface area contributed by atoms with Crippen molar-refractivity contribution in [1.29, 1.82) is 0 Å². The fraction of sp³-hybridized carbons (Fsp3) is 0.400. The van der Waals surface area contributed by atoms with Crippen LogP contribution in [0.3, 0.4) is 0 Å². The molecule has 2 aromatic rings. The van der Waals surface area contributed by atoms with E-state index in [0.29, 0.717) is 27.6 Å². The fourth-order valence-electron chi connectivity index (χ4n) is 2.11. The first-order chi connectivity index (χ1) is 14.4. The van der Waals surface area contributed by atoms with Crippen LogP contribution in [0.4, 0.5) is 0 Å². The van der Waals surface area contributed by atoms with E-state index in [0.717, 1.165) is 5.56 Å². The molecular weight excluding hydrogens is 400 g/mol. The van der Waals surface area contributed by atoms with Crippen LogP contribution in [0.2, 0.25) is 5.02 Å². The predicted octanol–water partition coefficient (Wildman–Crippen LogP) is 7.74. The van der Waals surface area contributed by atoms with Crippen LogP contribution in [0.1, 0.15) is 69.4 Å². The summed E-state index contributed by atoms with van der Waals surface area (Å²) in [6.07, 6.45) is 4.35. The van der Waals surface area contributed by atoms with Crippen LogP contribution in [0.5, 0.6) is 17.2 Å². The Hall–Kier alpha value is -2.46. The molecule has 5 heteroatoms. The van der Waals surface area contributed by atoms with Crippen LogP contribution in [0.25, 0.3) is 6.08 Å². The number of benzene rings is 2. The molecule has 2 rings (SSSR count). The molecule has 0 aliphatic carbocycles. The zero-order valence-corrected chi connectivity index (χ0v) is 20.6. The second kappa shape index (κ2) is 17.4. The van der Waals surface area contributed by atoms with Gasteiger partial charge in [0.1, 0.15) is 5.75 Å². The molecule has 0 aromatic heterocycles. The number of hydrogen-bond donors (Lipinski definition) is 1. The van der Waals surface area contributed by atoms with Crippen LogP contribution in [0, 0.1) is 6.92 Å². The third kappa shape index (κ3) is 9.84. The molecule has 0 fully saturated rings. The van der Waals surface area contributed by atoms with Crippen molar-refractivity contribution in [3.05, 3.63) is 58.1 Å². The molecule has 0 radical (unpaired) electrons. The second-order valence-electron chi connectivity index (χ2n) is 5.64. The molecule has 168 valence electrons. The van der Waals surface area contributed by atoms with Gasteiger partial charge in [-0.25, -0.2) is 0 Å². The maximum Gasteiger partial charge on any atom is 0.185 e. The molecule has 0 aliphatic heterocycles. The Labute approximate surface area is 187 Å². The molecule has 0 spiro atoms. The van der Waals surface area contributed by atoms with Crippen molar-refractivity contribution in [2.24, 2.45) is 0 Å². The smallest absolute Gasteiger partial charge is 0.185 e. The highest BCUT2D eigenvalue weighted by molar-refractivity contribution is 6.32. The summed E-state index contributed by atoms with van der Waals surface area (Å²) in [5, 5.41) is 9.90. The molecule has 0 unspecified atom stereocenters. The van der Waals surface area contributed by atoms with Gasteiger partial charge in [-0.05, 0) is 54.5 Å². The van der Waals surface area contributed by atoms with Gasteiger partial charge >= 0.3 is 0 Å². The van der Waals surface area contributed by atoms with Gasteiger partial charge in [-0.1, -0.05) is 65.6 Å². The maximum atomic E-state index is 12.2. The zero-order valence-electron chi connectivity index (χ0n) is 19.8. The molecule has 0 saturated carbocycles. The highest BCUT2D eigenvalue weighted by atomic mass is 35.5. The van der Waals surface area contributed by atoms with Gasteiger partial charge in [0.2, 0.25) is 0 Å². The number of phenolic OH excluding ortho intramolecular Hbond substituents is 1. The number of rotatable bonds is 5. The minimum Gasteiger partial charge on any atom is -0.508 e. The highest BCUT2D eigenvalue weighted by Crippen LogP contribution is 2.36. The number of carbonyl (C=O) groups is 1. The second-order valence-corrected chi connectivity index (χ2v) is 6.05. The molecule has 1 N–H and O–H groups in total. The summed E-state index contributed by atoms with van der Waals surface area (Å²) in [5.41, 5.74) is 1.87. The normalized spacial score (nSPS) is 9.27. The van der Waals surface area contributed by atoms with E-state index in [1.807, 2.05) is 27.7 Å². The Morgan fingerprint density at radius 2 is 1.60 bits per heavy atom. The Morgan fingerprint density at radius 1 is 1.03 bits per heavy atom. The lowest BCUT2D eigenvalue weighted by atomic mass is 10.1. The van der Waals surface area contributed by atoms with Crippen LogP contribution < -0.4 is 9.47 Å². The third-order valence-corrected chi connectivity index (χ3v) is 3.65. The summed E-state index contributed by atoms with van der Waals surface area (Å²) in [6.45, 7) is 14.0. The average molecular weight is 437 g/mol. The number of ketones is 1. The summed E-state index contributed by atoms with van der Waals surface area (Å²) in [5.74, 6) is 0.940. The lowest BCUT2D eigenvalue weighted by Crippen LogP contribution is -1.95. The van der Waals surface area contributed by atoms with Crippen molar-refractivity contribution in [2.45, 2.75) is 54.9 Å². The van der Waals surface area contributed by atoms with Crippen molar-refractivity contribution in [2.75, 3.05) is 14.2 Å². The summed E-state index contributed by atoms with van der Waals surface area (Å²) in [6, 6.07) is 8.15. The van der Waals surface area contributed by atoms with Crippen LogP contribution in [-0.4, -0.2) is 25.1 Å². The average Bonchev–Trinajstić information content (AvgIpc) is 2.76. The lowest BCUT2D eigenvalue weighted by Gasteiger charge is -2.10. The Bertz CT molecular complexity index is 783. The van der Waals surface area contributed by atoms with E-state index in [4.69, 9.17) is 21.1 Å². The zero-order chi connectivity index (χ0) is 23.7. The van der Waals surface area contributed by atoms with Crippen molar-refractivity contribution in [3.63, 3.8) is 0 Å². The van der Waals surface area contributed by atoms with Crippen molar-refractivity contribution >= 4 is 23.5 Å². The Balaban J connectivity index is 0. The summed E-state index contributed by atoms with van der Waals surface area (Å²) in [7, 11) is 3.03. The van der Waals surface area contributed by atoms with E-state index in [-0.39, 0.29) is 11.5 Å². The third-order valence-electron chi connectivity index (χ3n) is 3.36. The lowest BCUT2D eigenvalue weighted by molar-refractivity contribution is 0.104. The molecule has 0 amide bonds. The minimum atomic E-state index is -0.168. The molecule has 0 aliphatic rings. The molecule has 0 atom stereocenters. The first kappa shape index (κ1) is 29.7. The van der Waals surface area contributed by atoms with E-state index in [1.54, 1.807) is 37.3 Å². The first-order valence-corrected chi connectivity index (χ1v) is 10.7. The topological polar surface area (TPSA) is 55.8 Å². The van der Waals surface area contributed by atoms with Crippen LogP contribution in [0.15, 0.2) is 36.4 Å². The Kier molecular flexibility index (Phi) is 17.3. The predicted molar refractivity (Wildman–Crippen MR) is 129 cm³/mol. The largest absolute Gasteiger partial charge is 0.508 e. The van der Waals surface area contributed by atoms with Gasteiger partial charge in [-0.15, -0.1) is 0 Å². The van der Waals surface area contributed by atoms with Gasteiger partial charge in [0.15, 0.2) is 17.3 Å². The van der Waals surface area contributed by atoms with Crippen molar-refractivity contribution in [1.82, 2.24) is 0 Å². The van der Waals surface area contributed by atoms with E-state index >= 15 is 0 Å². The number of hydrogen-bond acceptors (Lipinski definition) is 4. The number of allylic oxidation sites excluding steroid dienone is 1. The Morgan fingerprint density at radius 3 is 2.07 bits per heavy atom. The highest BCUT2D eigenvalue weighted by Gasteiger charge is 2.10. The van der Waals surface area contributed by atoms with Crippen molar-refractivity contribution in [3.8, 4) is 17.2 Å². The summed E-state index contributed by atoms with van der Waals surface area (Å²) in [4.78, 5) is 12.2. The summed E-state index contributed by atoms with van der Waals surface area (Å²) >= 11 is 6.13. The summed E-state index contributed by atoms with van der Waals surface area (Å²) < 4.78 is 10.4. The quantitative estimate of drug-likeness (QED) is 0.384. The van der Waals surface area contributed by atoms with E-state index in [9.17, 15) is 9.90 Å². The number of methoxy groups -OCH3 is 2. The van der Waals surface area contributed by atoms with E-state index < -0.39 is 0 Å². The van der Waals surface area contributed by atoms with E-state index in [2.05, 4.69) is 13.8 Å². The van der Waals surface area contributed by atoms with Crippen molar-refractivity contribution < 1.29 is 19.4 Å². The van der Waals surface area contributed by atoms with Gasteiger partial charge in [0.05, 0.1) is 19.2 Å². The van der Waals surface area contributed by atoms with Crippen LogP contribution in [-0.2, 0) is 0 Å². The standard InChI is InChI=1S/C18H17ClO4.C3H8.2C2H6/c1-11-8-13(5-7-15(11)20)16(21)6-4-12-9-14(19)18(23-3)17(10-12)22-2;1-3-2;2*1-2/h4-10,20H,1-3H3;3H2,1-2H3;2*1-2H3/b6-4+;;;. The monoisotopic (exact) mass is 436 g/mol. The molecular formula is C25H37ClO4. The van der Waals surface area contributed by atoms with Gasteiger partial charge in [0, 0.05) is 5.56 Å². The molecule has 2 aromatic carbocycles. The molecule has 0 saturated heterocycles. The number of phenols is 1.